The van der Waals surface area contributed by atoms with Gasteiger partial charge in [-0.2, -0.15) is 16.9 Å². The quantitative estimate of drug-likeness (QED) is 0.640. The first-order valence-corrected chi connectivity index (χ1v) is 8.09. The molecule has 0 saturated carbocycles. The zero-order valence-electron chi connectivity index (χ0n) is 10.8. The normalized spacial score (nSPS) is 23.2. The summed E-state index contributed by atoms with van der Waals surface area (Å²) in [6.45, 7) is 4.05. The van der Waals surface area contributed by atoms with Gasteiger partial charge >= 0.3 is 0 Å². The Kier molecular flexibility index (Phi) is 5.08. The van der Waals surface area contributed by atoms with Crippen LogP contribution in [0.2, 0.25) is 0 Å². The van der Waals surface area contributed by atoms with E-state index in [1.54, 1.807) is 0 Å². The van der Waals surface area contributed by atoms with Crippen LogP contribution < -0.4 is 11.3 Å². The van der Waals surface area contributed by atoms with E-state index in [1.807, 2.05) is 22.6 Å². The summed E-state index contributed by atoms with van der Waals surface area (Å²) in [5.41, 5.74) is 4.11. The van der Waals surface area contributed by atoms with E-state index >= 15 is 0 Å². The van der Waals surface area contributed by atoms with Gasteiger partial charge in [0.2, 0.25) is 0 Å². The first kappa shape index (κ1) is 14.3. The fourth-order valence-electron chi connectivity index (χ4n) is 2.36. The number of hydrogen-bond donors (Lipinski definition) is 2. The molecule has 2 rings (SSSR count). The number of aryl methyl sites for hydroxylation is 1. The summed E-state index contributed by atoms with van der Waals surface area (Å²) in [5, 5.41) is 4.37. The third kappa shape index (κ3) is 2.75. The highest BCUT2D eigenvalue weighted by atomic mass is 79.9. The van der Waals surface area contributed by atoms with E-state index in [-0.39, 0.29) is 6.04 Å². The summed E-state index contributed by atoms with van der Waals surface area (Å²) in [6.07, 6.45) is 1.85. The van der Waals surface area contributed by atoms with Crippen LogP contribution in [0.3, 0.4) is 0 Å². The minimum Gasteiger partial charge on any atom is -0.300 e. The van der Waals surface area contributed by atoms with Crippen molar-refractivity contribution in [1.82, 2.24) is 20.1 Å². The van der Waals surface area contributed by atoms with E-state index in [2.05, 4.69) is 45.3 Å². The van der Waals surface area contributed by atoms with Crippen LogP contribution >= 0.6 is 27.7 Å². The van der Waals surface area contributed by atoms with Crippen LogP contribution in [0.15, 0.2) is 10.7 Å². The lowest BCUT2D eigenvalue weighted by Gasteiger charge is -2.37. The van der Waals surface area contributed by atoms with Crippen LogP contribution in [0.4, 0.5) is 0 Å². The van der Waals surface area contributed by atoms with Gasteiger partial charge in [0, 0.05) is 30.6 Å². The second-order valence-corrected chi connectivity index (χ2v) is 6.46. The van der Waals surface area contributed by atoms with Crippen molar-refractivity contribution in [2.45, 2.75) is 25.6 Å². The molecule has 2 unspecified atom stereocenters. The van der Waals surface area contributed by atoms with E-state index in [4.69, 9.17) is 5.84 Å². The van der Waals surface area contributed by atoms with Gasteiger partial charge in [0.1, 0.15) is 0 Å². The number of hydrogen-bond acceptors (Lipinski definition) is 5. The van der Waals surface area contributed by atoms with Crippen molar-refractivity contribution in [3.8, 4) is 0 Å². The van der Waals surface area contributed by atoms with Gasteiger partial charge in [0.15, 0.2) is 0 Å². The number of rotatable bonds is 4. The lowest BCUT2D eigenvalue weighted by atomic mass is 10.1. The molecule has 0 amide bonds. The van der Waals surface area contributed by atoms with Gasteiger partial charge in [-0.3, -0.25) is 15.4 Å². The molecular weight excluding hydrogens is 314 g/mol. The van der Waals surface area contributed by atoms with E-state index in [0.29, 0.717) is 6.04 Å². The minimum absolute atomic E-state index is 0.0969. The van der Waals surface area contributed by atoms with Crippen molar-refractivity contribution in [3.63, 3.8) is 0 Å². The zero-order valence-corrected chi connectivity index (χ0v) is 13.2. The lowest BCUT2D eigenvalue weighted by molar-refractivity contribution is 0.210. The maximum atomic E-state index is 5.80. The first-order chi connectivity index (χ1) is 8.69. The van der Waals surface area contributed by atoms with Crippen LogP contribution in [0, 0.1) is 0 Å². The third-order valence-electron chi connectivity index (χ3n) is 3.43. The zero-order chi connectivity index (χ0) is 13.1. The van der Waals surface area contributed by atoms with Gasteiger partial charge in [-0.05, 0) is 29.9 Å². The second kappa shape index (κ2) is 6.38. The summed E-state index contributed by atoms with van der Waals surface area (Å²) >= 11 is 5.57. The molecule has 0 bridgehead atoms. The fraction of sp³-hybridized carbons (Fsp3) is 0.727. The Morgan fingerprint density at radius 3 is 3.11 bits per heavy atom. The molecule has 0 aliphatic carbocycles. The van der Waals surface area contributed by atoms with Crippen LogP contribution in [0.25, 0.3) is 0 Å². The molecular formula is C11H20BrN5S. The van der Waals surface area contributed by atoms with Crippen molar-refractivity contribution in [2.75, 3.05) is 25.1 Å². The van der Waals surface area contributed by atoms with Crippen LogP contribution in [-0.4, -0.2) is 45.8 Å². The van der Waals surface area contributed by atoms with Crippen molar-refractivity contribution in [1.29, 1.82) is 0 Å². The highest BCUT2D eigenvalue weighted by molar-refractivity contribution is 9.10. The molecule has 0 aromatic carbocycles. The first-order valence-electron chi connectivity index (χ1n) is 6.14. The number of hydrazine groups is 1. The smallest absolute Gasteiger partial charge is 0.0803 e. The molecule has 1 aromatic rings. The standard InChI is InChI=1S/C11H20BrN5S/c1-3-17-11(8(12)6-14-17)10(15-13)9-7-18-5-4-16(9)2/h6,9-10,15H,3-5,7,13H2,1-2H3. The molecule has 2 atom stereocenters. The Hall–Kier alpha value is -0.0800. The average Bonchev–Trinajstić information content (AvgIpc) is 2.74. The summed E-state index contributed by atoms with van der Waals surface area (Å²) in [5.74, 6) is 8.08. The number of nitrogens with zero attached hydrogens (tertiary/aromatic N) is 3. The third-order valence-corrected chi connectivity index (χ3v) is 5.09. The number of nitrogens with one attached hydrogen (secondary N) is 1. The largest absolute Gasteiger partial charge is 0.300 e. The number of halogens is 1. The van der Waals surface area contributed by atoms with E-state index in [0.717, 1.165) is 29.0 Å². The summed E-state index contributed by atoms with van der Waals surface area (Å²) < 4.78 is 3.03. The van der Waals surface area contributed by atoms with Crippen molar-refractivity contribution in [3.05, 3.63) is 16.4 Å². The molecule has 1 saturated heterocycles. The lowest BCUT2D eigenvalue weighted by Crippen LogP contribution is -2.50. The molecule has 18 heavy (non-hydrogen) atoms. The minimum atomic E-state index is 0.0969. The summed E-state index contributed by atoms with van der Waals surface area (Å²) in [6, 6.07) is 0.492. The molecule has 1 aliphatic heterocycles. The highest BCUT2D eigenvalue weighted by Gasteiger charge is 2.31. The Balaban J connectivity index is 2.29. The predicted octanol–water partition coefficient (Wildman–Crippen LogP) is 1.22. The Morgan fingerprint density at radius 2 is 2.50 bits per heavy atom. The Morgan fingerprint density at radius 1 is 1.72 bits per heavy atom. The highest BCUT2D eigenvalue weighted by Crippen LogP contribution is 2.30. The van der Waals surface area contributed by atoms with Gasteiger partial charge in [0.25, 0.3) is 0 Å². The number of likely N-dealkylation sites (N-methyl/N-ethyl adjacent to an activating group) is 1. The molecule has 0 radical (unpaired) electrons. The summed E-state index contributed by atoms with van der Waals surface area (Å²) in [7, 11) is 2.16. The van der Waals surface area contributed by atoms with E-state index < -0.39 is 0 Å². The van der Waals surface area contributed by atoms with Gasteiger partial charge in [-0.15, -0.1) is 0 Å². The predicted molar refractivity (Wildman–Crippen MR) is 79.4 cm³/mol. The average molecular weight is 334 g/mol. The van der Waals surface area contributed by atoms with Crippen LogP contribution in [-0.2, 0) is 6.54 Å². The van der Waals surface area contributed by atoms with E-state index in [9.17, 15) is 0 Å². The SMILES string of the molecule is CCn1ncc(Br)c1C(NN)C1CSCCN1C. The topological polar surface area (TPSA) is 59.1 Å². The van der Waals surface area contributed by atoms with Gasteiger partial charge in [0.05, 0.1) is 22.4 Å². The Bertz CT molecular complexity index is 397. The maximum absolute atomic E-state index is 5.80. The van der Waals surface area contributed by atoms with Gasteiger partial charge in [-0.1, -0.05) is 0 Å². The number of thioether (sulfide) groups is 1. The van der Waals surface area contributed by atoms with Crippen molar-refractivity contribution in [2.24, 2.45) is 5.84 Å². The molecule has 7 heteroatoms. The Labute approximate surface area is 121 Å². The number of nitrogens with two attached hydrogens (primary N) is 1. The molecule has 2 heterocycles. The van der Waals surface area contributed by atoms with Gasteiger partial charge in [-0.25, -0.2) is 5.43 Å². The molecule has 3 N–H and O–H groups in total. The second-order valence-electron chi connectivity index (χ2n) is 4.46. The van der Waals surface area contributed by atoms with Crippen LogP contribution in [0.5, 0.6) is 0 Å². The molecule has 0 spiro atoms. The van der Waals surface area contributed by atoms with Crippen molar-refractivity contribution >= 4 is 27.7 Å². The molecule has 1 fully saturated rings. The molecule has 5 nitrogen and oxygen atoms in total. The fourth-order valence-corrected chi connectivity index (χ4v) is 4.18. The van der Waals surface area contributed by atoms with Crippen LogP contribution in [0.1, 0.15) is 18.7 Å². The molecule has 1 aromatic heterocycles. The van der Waals surface area contributed by atoms with Gasteiger partial charge < -0.3 is 0 Å². The molecule has 102 valence electrons. The summed E-state index contributed by atoms with van der Waals surface area (Å²) in [4.78, 5) is 2.38. The van der Waals surface area contributed by atoms with E-state index in [1.165, 1.54) is 5.75 Å². The maximum Gasteiger partial charge on any atom is 0.0803 e. The van der Waals surface area contributed by atoms with Crippen molar-refractivity contribution < 1.29 is 0 Å². The monoisotopic (exact) mass is 333 g/mol. The number of aromatic nitrogens is 2. The molecule has 1 aliphatic rings.